The van der Waals surface area contributed by atoms with Crippen LogP contribution in [0, 0.1) is 0 Å². The first-order valence-electron chi connectivity index (χ1n) is 6.16. The number of hydrogen-bond acceptors (Lipinski definition) is 3. The van der Waals surface area contributed by atoms with Crippen molar-refractivity contribution < 1.29 is 14.7 Å². The highest BCUT2D eigenvalue weighted by Crippen LogP contribution is 2.13. The van der Waals surface area contributed by atoms with E-state index in [-0.39, 0.29) is 23.3 Å². The van der Waals surface area contributed by atoms with Crippen LogP contribution in [0.4, 0.5) is 5.82 Å². The largest absolute Gasteiger partial charge is 0.478 e. The second-order valence-corrected chi connectivity index (χ2v) is 4.58. The highest BCUT2D eigenvalue weighted by atomic mass is 16.4. The van der Waals surface area contributed by atoms with Gasteiger partial charge in [-0.15, -0.1) is 0 Å². The van der Waals surface area contributed by atoms with E-state index >= 15 is 0 Å². The normalized spacial score (nSPS) is 10.6. The molecule has 2 N–H and O–H groups in total. The number of rotatable bonds is 4. The fourth-order valence-corrected chi connectivity index (χ4v) is 1.85. The van der Waals surface area contributed by atoms with Gasteiger partial charge in [0.2, 0.25) is 0 Å². The zero-order valence-corrected chi connectivity index (χ0v) is 11.2. The van der Waals surface area contributed by atoms with Gasteiger partial charge in [0, 0.05) is 18.4 Å². The Bertz CT molecular complexity index is 647. The van der Waals surface area contributed by atoms with Crippen LogP contribution in [0.3, 0.4) is 0 Å². The van der Waals surface area contributed by atoms with Crippen molar-refractivity contribution in [2.24, 2.45) is 0 Å². The Labute approximate surface area is 116 Å². The molecule has 2 rings (SSSR count). The van der Waals surface area contributed by atoms with Crippen LogP contribution in [-0.2, 0) is 0 Å². The summed E-state index contributed by atoms with van der Waals surface area (Å²) in [6, 6.07) is 6.34. The maximum Gasteiger partial charge on any atom is 0.335 e. The Morgan fingerprint density at radius 3 is 2.75 bits per heavy atom. The summed E-state index contributed by atoms with van der Waals surface area (Å²) >= 11 is 0. The van der Waals surface area contributed by atoms with Crippen LogP contribution in [-0.4, -0.2) is 26.5 Å². The minimum Gasteiger partial charge on any atom is -0.478 e. The molecule has 0 radical (unpaired) electrons. The molecule has 104 valence electrons. The van der Waals surface area contributed by atoms with Crippen LogP contribution in [0.5, 0.6) is 0 Å². The monoisotopic (exact) mass is 273 g/mol. The smallest absolute Gasteiger partial charge is 0.335 e. The number of aromatic carboxylic acids is 1. The third kappa shape index (κ3) is 2.85. The molecule has 0 spiro atoms. The Kier molecular flexibility index (Phi) is 3.84. The Balaban J connectivity index is 2.21. The molecule has 6 nitrogen and oxygen atoms in total. The molecule has 0 saturated carbocycles. The van der Waals surface area contributed by atoms with E-state index < -0.39 is 5.97 Å². The number of carboxylic acids is 1. The first-order chi connectivity index (χ1) is 9.49. The number of anilines is 1. The summed E-state index contributed by atoms with van der Waals surface area (Å²) in [5.74, 6) is -1.17. The SMILES string of the molecule is CC(C)n1cccc1C(=O)Nc1cc(C(=O)O)ccn1. The summed E-state index contributed by atoms with van der Waals surface area (Å²) in [5.41, 5.74) is 0.581. The van der Waals surface area contributed by atoms with Gasteiger partial charge < -0.3 is 15.0 Å². The number of pyridine rings is 1. The number of carbonyl (C=O) groups excluding carboxylic acids is 1. The van der Waals surface area contributed by atoms with Gasteiger partial charge in [0.25, 0.3) is 5.91 Å². The molecule has 2 heterocycles. The first-order valence-corrected chi connectivity index (χ1v) is 6.16. The standard InChI is InChI=1S/C14H15N3O3/c1-9(2)17-7-3-4-11(17)13(18)16-12-8-10(14(19)20)5-6-15-12/h3-9H,1-2H3,(H,19,20)(H,15,16,18). The van der Waals surface area contributed by atoms with Gasteiger partial charge in [-0.25, -0.2) is 9.78 Å². The fraction of sp³-hybridized carbons (Fsp3) is 0.214. The second kappa shape index (κ2) is 5.56. The molecule has 1 amide bonds. The maximum atomic E-state index is 12.2. The maximum absolute atomic E-state index is 12.2. The molecule has 2 aromatic heterocycles. The predicted octanol–water partition coefficient (Wildman–Crippen LogP) is 2.41. The van der Waals surface area contributed by atoms with Gasteiger partial charge in [-0.1, -0.05) is 0 Å². The van der Waals surface area contributed by atoms with Gasteiger partial charge in [0.05, 0.1) is 5.56 Å². The zero-order valence-electron chi connectivity index (χ0n) is 11.2. The molecule has 0 saturated heterocycles. The van der Waals surface area contributed by atoms with Crippen molar-refractivity contribution in [1.82, 2.24) is 9.55 Å². The fourth-order valence-electron chi connectivity index (χ4n) is 1.85. The Hall–Kier alpha value is -2.63. The average Bonchev–Trinajstić information content (AvgIpc) is 2.88. The first kappa shape index (κ1) is 13.8. The number of hydrogen-bond donors (Lipinski definition) is 2. The van der Waals surface area contributed by atoms with Crippen LogP contribution >= 0.6 is 0 Å². The van der Waals surface area contributed by atoms with Crippen molar-refractivity contribution in [3.63, 3.8) is 0 Å². The highest BCUT2D eigenvalue weighted by molar-refractivity contribution is 6.03. The number of carbonyl (C=O) groups is 2. The van der Waals surface area contributed by atoms with E-state index in [1.54, 1.807) is 12.1 Å². The highest BCUT2D eigenvalue weighted by Gasteiger charge is 2.14. The Morgan fingerprint density at radius 1 is 1.35 bits per heavy atom. The number of nitrogens with zero attached hydrogens (tertiary/aromatic N) is 2. The molecule has 0 aromatic carbocycles. The van der Waals surface area contributed by atoms with Crippen LogP contribution in [0.1, 0.15) is 40.7 Å². The van der Waals surface area contributed by atoms with Crippen molar-refractivity contribution in [3.05, 3.63) is 47.9 Å². The van der Waals surface area contributed by atoms with Gasteiger partial charge in [-0.05, 0) is 38.1 Å². The average molecular weight is 273 g/mol. The molecule has 0 aliphatic rings. The minimum absolute atomic E-state index is 0.0783. The molecular formula is C14H15N3O3. The van der Waals surface area contributed by atoms with E-state index in [0.29, 0.717) is 5.69 Å². The molecule has 0 fully saturated rings. The van der Waals surface area contributed by atoms with Gasteiger partial charge in [-0.2, -0.15) is 0 Å². The van der Waals surface area contributed by atoms with Crippen molar-refractivity contribution in [2.45, 2.75) is 19.9 Å². The molecule has 6 heteroatoms. The summed E-state index contributed by atoms with van der Waals surface area (Å²) in [7, 11) is 0. The third-order valence-electron chi connectivity index (χ3n) is 2.82. The summed E-state index contributed by atoms with van der Waals surface area (Å²) in [5, 5.41) is 11.5. The van der Waals surface area contributed by atoms with E-state index in [0.717, 1.165) is 0 Å². The lowest BCUT2D eigenvalue weighted by molar-refractivity contribution is 0.0696. The van der Waals surface area contributed by atoms with E-state index in [4.69, 9.17) is 5.11 Å². The summed E-state index contributed by atoms with van der Waals surface area (Å²) in [6.07, 6.45) is 3.17. The van der Waals surface area contributed by atoms with Crippen molar-refractivity contribution in [3.8, 4) is 0 Å². The van der Waals surface area contributed by atoms with Gasteiger partial charge in [0.1, 0.15) is 11.5 Å². The zero-order chi connectivity index (χ0) is 14.7. The van der Waals surface area contributed by atoms with E-state index in [2.05, 4.69) is 10.3 Å². The van der Waals surface area contributed by atoms with Gasteiger partial charge in [0.15, 0.2) is 0 Å². The van der Waals surface area contributed by atoms with E-state index in [1.807, 2.05) is 24.6 Å². The van der Waals surface area contributed by atoms with Crippen molar-refractivity contribution in [2.75, 3.05) is 5.32 Å². The van der Waals surface area contributed by atoms with Crippen molar-refractivity contribution in [1.29, 1.82) is 0 Å². The quantitative estimate of drug-likeness (QED) is 0.896. The van der Waals surface area contributed by atoms with E-state index in [9.17, 15) is 9.59 Å². The van der Waals surface area contributed by atoms with Crippen LogP contribution < -0.4 is 5.32 Å². The molecule has 20 heavy (non-hydrogen) atoms. The lowest BCUT2D eigenvalue weighted by atomic mass is 10.2. The predicted molar refractivity (Wildman–Crippen MR) is 74.0 cm³/mol. The second-order valence-electron chi connectivity index (χ2n) is 4.58. The number of carboxylic acid groups (broad SMARTS) is 1. The van der Waals surface area contributed by atoms with Crippen LogP contribution in [0.2, 0.25) is 0 Å². The lowest BCUT2D eigenvalue weighted by Gasteiger charge is -2.12. The molecule has 2 aromatic rings. The number of aromatic nitrogens is 2. The summed E-state index contributed by atoms with van der Waals surface area (Å²) < 4.78 is 1.83. The molecule has 0 atom stereocenters. The van der Waals surface area contributed by atoms with Gasteiger partial charge >= 0.3 is 5.97 Å². The topological polar surface area (TPSA) is 84.2 Å². The minimum atomic E-state index is -1.06. The molecule has 0 unspecified atom stereocenters. The third-order valence-corrected chi connectivity index (χ3v) is 2.82. The molecule has 0 aliphatic heterocycles. The summed E-state index contributed by atoms with van der Waals surface area (Å²) in [4.78, 5) is 27.0. The molecular weight excluding hydrogens is 258 g/mol. The lowest BCUT2D eigenvalue weighted by Crippen LogP contribution is -2.18. The van der Waals surface area contributed by atoms with Crippen LogP contribution in [0.15, 0.2) is 36.7 Å². The number of nitrogens with one attached hydrogen (secondary N) is 1. The Morgan fingerprint density at radius 2 is 2.10 bits per heavy atom. The summed E-state index contributed by atoms with van der Waals surface area (Å²) in [6.45, 7) is 3.94. The molecule has 0 bridgehead atoms. The van der Waals surface area contributed by atoms with Crippen LogP contribution in [0.25, 0.3) is 0 Å². The number of amides is 1. The molecule has 0 aliphatic carbocycles. The van der Waals surface area contributed by atoms with Gasteiger partial charge in [-0.3, -0.25) is 4.79 Å². The van der Waals surface area contributed by atoms with Crippen molar-refractivity contribution >= 4 is 17.7 Å². The van der Waals surface area contributed by atoms with E-state index in [1.165, 1.54) is 18.3 Å².